The molecule has 3 nitrogen and oxygen atoms in total. The van der Waals surface area contributed by atoms with E-state index in [1.807, 2.05) is 6.92 Å². The average molecular weight is 284 g/mol. The van der Waals surface area contributed by atoms with Crippen molar-refractivity contribution in [1.82, 2.24) is 5.32 Å². The van der Waals surface area contributed by atoms with E-state index in [9.17, 15) is 4.79 Å². The van der Waals surface area contributed by atoms with Crippen molar-refractivity contribution in [2.45, 2.75) is 13.0 Å². The Kier molecular flexibility index (Phi) is 4.55. The third-order valence-corrected chi connectivity index (χ3v) is 2.82. The van der Waals surface area contributed by atoms with Gasteiger partial charge in [0, 0.05) is 10.5 Å². The number of benzene rings is 1. The Bertz CT molecular complexity index is 404. The van der Waals surface area contributed by atoms with Crippen molar-refractivity contribution in [2.24, 2.45) is 0 Å². The fourth-order valence-corrected chi connectivity index (χ4v) is 1.58. The van der Waals surface area contributed by atoms with Crippen LogP contribution >= 0.6 is 15.9 Å². The van der Waals surface area contributed by atoms with Gasteiger partial charge in [0.25, 0.3) is 5.91 Å². The molecule has 4 heteroatoms. The molecule has 1 N–H and O–H groups in total. The molecule has 0 aliphatic heterocycles. The number of hydrogen-bond donors (Lipinski definition) is 1. The SMILES string of the molecule is C=CC(C)NC(=O)c1cc(OC)ccc1Br. The van der Waals surface area contributed by atoms with E-state index in [1.54, 1.807) is 31.4 Å². The summed E-state index contributed by atoms with van der Waals surface area (Å²) in [4.78, 5) is 11.9. The molecule has 86 valence electrons. The molecule has 0 saturated heterocycles. The number of hydrogen-bond acceptors (Lipinski definition) is 2. The molecule has 1 rings (SSSR count). The zero-order valence-corrected chi connectivity index (χ0v) is 10.9. The molecule has 1 aromatic carbocycles. The number of halogens is 1. The Balaban J connectivity index is 2.93. The number of nitrogens with one attached hydrogen (secondary N) is 1. The summed E-state index contributed by atoms with van der Waals surface area (Å²) in [6.07, 6.45) is 1.67. The normalized spacial score (nSPS) is 11.7. The molecule has 0 aromatic heterocycles. The van der Waals surface area contributed by atoms with Gasteiger partial charge in [-0.2, -0.15) is 0 Å². The Morgan fingerprint density at radius 2 is 2.31 bits per heavy atom. The maximum atomic E-state index is 11.9. The summed E-state index contributed by atoms with van der Waals surface area (Å²) >= 11 is 3.33. The molecule has 1 atom stereocenters. The molecular formula is C12H14BrNO2. The van der Waals surface area contributed by atoms with Gasteiger partial charge < -0.3 is 10.1 Å². The summed E-state index contributed by atoms with van der Waals surface area (Å²) in [6, 6.07) is 5.20. The third kappa shape index (κ3) is 3.10. The van der Waals surface area contributed by atoms with Crippen LogP contribution in [0.2, 0.25) is 0 Å². The summed E-state index contributed by atoms with van der Waals surface area (Å²) < 4.78 is 5.81. The molecule has 0 aliphatic carbocycles. The lowest BCUT2D eigenvalue weighted by molar-refractivity contribution is 0.0946. The molecule has 1 unspecified atom stereocenters. The van der Waals surface area contributed by atoms with Crippen LogP contribution in [0.4, 0.5) is 0 Å². The van der Waals surface area contributed by atoms with Crippen LogP contribution in [0, 0.1) is 0 Å². The Hall–Kier alpha value is -1.29. The van der Waals surface area contributed by atoms with Crippen molar-refractivity contribution < 1.29 is 9.53 Å². The minimum Gasteiger partial charge on any atom is -0.497 e. The van der Waals surface area contributed by atoms with Crippen LogP contribution in [0.3, 0.4) is 0 Å². The monoisotopic (exact) mass is 283 g/mol. The lowest BCUT2D eigenvalue weighted by atomic mass is 10.2. The molecule has 1 amide bonds. The molecule has 0 spiro atoms. The second-order valence-corrected chi connectivity index (χ2v) is 4.20. The maximum absolute atomic E-state index is 11.9. The first-order chi connectivity index (χ1) is 7.58. The molecule has 0 fully saturated rings. The number of amides is 1. The lowest BCUT2D eigenvalue weighted by Gasteiger charge is -2.11. The molecule has 0 radical (unpaired) electrons. The van der Waals surface area contributed by atoms with E-state index < -0.39 is 0 Å². The summed E-state index contributed by atoms with van der Waals surface area (Å²) in [5, 5.41) is 2.80. The van der Waals surface area contributed by atoms with Crippen LogP contribution in [0.5, 0.6) is 5.75 Å². The highest BCUT2D eigenvalue weighted by Crippen LogP contribution is 2.22. The van der Waals surface area contributed by atoms with Crippen LogP contribution in [0.15, 0.2) is 35.3 Å². The van der Waals surface area contributed by atoms with Gasteiger partial charge in [0.1, 0.15) is 5.75 Å². The van der Waals surface area contributed by atoms with Gasteiger partial charge in [0.15, 0.2) is 0 Å². The van der Waals surface area contributed by atoms with Gasteiger partial charge in [-0.05, 0) is 41.1 Å². The van der Waals surface area contributed by atoms with Crippen molar-refractivity contribution >= 4 is 21.8 Å². The van der Waals surface area contributed by atoms with Crippen molar-refractivity contribution in [2.75, 3.05) is 7.11 Å². The second-order valence-electron chi connectivity index (χ2n) is 3.34. The number of carbonyl (C=O) groups is 1. The predicted octanol–water partition coefficient (Wildman–Crippen LogP) is 2.76. The Morgan fingerprint density at radius 3 is 2.88 bits per heavy atom. The fraction of sp³-hybridized carbons (Fsp3) is 0.250. The van der Waals surface area contributed by atoms with Crippen molar-refractivity contribution in [3.05, 3.63) is 40.9 Å². The first-order valence-corrected chi connectivity index (χ1v) is 5.64. The second kappa shape index (κ2) is 5.70. The Labute approximate surface area is 104 Å². The zero-order chi connectivity index (χ0) is 12.1. The number of ether oxygens (including phenoxy) is 1. The van der Waals surface area contributed by atoms with Gasteiger partial charge in [-0.1, -0.05) is 6.08 Å². The van der Waals surface area contributed by atoms with Gasteiger partial charge in [-0.25, -0.2) is 0 Å². The third-order valence-electron chi connectivity index (χ3n) is 2.13. The highest BCUT2D eigenvalue weighted by Gasteiger charge is 2.12. The minimum atomic E-state index is -0.154. The minimum absolute atomic E-state index is 0.0643. The topological polar surface area (TPSA) is 38.3 Å². The highest BCUT2D eigenvalue weighted by molar-refractivity contribution is 9.10. The number of methoxy groups -OCH3 is 1. The quantitative estimate of drug-likeness (QED) is 0.863. The summed E-state index contributed by atoms with van der Waals surface area (Å²) in [5.74, 6) is 0.498. The van der Waals surface area contributed by atoms with Crippen LogP contribution in [-0.2, 0) is 0 Å². The van der Waals surface area contributed by atoms with E-state index in [0.29, 0.717) is 11.3 Å². The van der Waals surface area contributed by atoms with Crippen LogP contribution in [-0.4, -0.2) is 19.1 Å². The first-order valence-electron chi connectivity index (χ1n) is 4.85. The van der Waals surface area contributed by atoms with Gasteiger partial charge >= 0.3 is 0 Å². The number of rotatable bonds is 4. The maximum Gasteiger partial charge on any atom is 0.253 e. The van der Waals surface area contributed by atoms with E-state index in [2.05, 4.69) is 27.8 Å². The summed E-state index contributed by atoms with van der Waals surface area (Å²) in [5.41, 5.74) is 0.549. The molecule has 1 aromatic rings. The molecule has 0 aliphatic rings. The number of carbonyl (C=O) groups excluding carboxylic acids is 1. The van der Waals surface area contributed by atoms with Crippen molar-refractivity contribution in [3.63, 3.8) is 0 Å². The van der Waals surface area contributed by atoms with Crippen LogP contribution in [0.25, 0.3) is 0 Å². The zero-order valence-electron chi connectivity index (χ0n) is 9.29. The molecule has 16 heavy (non-hydrogen) atoms. The summed E-state index contributed by atoms with van der Waals surface area (Å²) in [6.45, 7) is 5.47. The molecule has 0 saturated carbocycles. The fourth-order valence-electron chi connectivity index (χ4n) is 1.15. The van der Waals surface area contributed by atoms with Crippen LogP contribution < -0.4 is 10.1 Å². The average Bonchev–Trinajstić information content (AvgIpc) is 2.29. The predicted molar refractivity (Wildman–Crippen MR) is 67.8 cm³/mol. The molecule has 0 heterocycles. The smallest absolute Gasteiger partial charge is 0.253 e. The van der Waals surface area contributed by atoms with Gasteiger partial charge in [0.2, 0.25) is 0 Å². The molecular weight excluding hydrogens is 270 g/mol. The van der Waals surface area contributed by atoms with E-state index in [1.165, 1.54) is 0 Å². The van der Waals surface area contributed by atoms with Gasteiger partial charge in [-0.3, -0.25) is 4.79 Å². The largest absolute Gasteiger partial charge is 0.497 e. The van der Waals surface area contributed by atoms with Crippen molar-refractivity contribution in [3.8, 4) is 5.75 Å². The van der Waals surface area contributed by atoms with E-state index in [0.717, 1.165) is 4.47 Å². The highest BCUT2D eigenvalue weighted by atomic mass is 79.9. The van der Waals surface area contributed by atoms with Crippen molar-refractivity contribution in [1.29, 1.82) is 0 Å². The lowest BCUT2D eigenvalue weighted by Crippen LogP contribution is -2.31. The van der Waals surface area contributed by atoms with Crippen LogP contribution in [0.1, 0.15) is 17.3 Å². The van der Waals surface area contributed by atoms with E-state index >= 15 is 0 Å². The van der Waals surface area contributed by atoms with E-state index in [-0.39, 0.29) is 11.9 Å². The summed E-state index contributed by atoms with van der Waals surface area (Å²) in [7, 11) is 1.57. The van der Waals surface area contributed by atoms with E-state index in [4.69, 9.17) is 4.74 Å². The first kappa shape index (κ1) is 12.8. The Morgan fingerprint density at radius 1 is 1.62 bits per heavy atom. The van der Waals surface area contributed by atoms with Gasteiger partial charge in [-0.15, -0.1) is 6.58 Å². The molecule has 0 bridgehead atoms. The standard InChI is InChI=1S/C12H14BrNO2/c1-4-8(2)14-12(15)10-7-9(16-3)5-6-11(10)13/h4-8H,1H2,2-3H3,(H,14,15). The van der Waals surface area contributed by atoms with Gasteiger partial charge in [0.05, 0.1) is 12.7 Å².